The molecule has 0 saturated carbocycles. The van der Waals surface area contributed by atoms with Crippen LogP contribution >= 0.6 is 0 Å². The number of nitrogens with two attached hydrogens (primary N) is 1. The number of carbonyl (C=O) groups excluding carboxylic acids is 3. The SMILES string of the molecule is CC(C)C[C@H](NC(=O)[C@@H](N)C(C)(C)C)C(=O)N[C@@H](CCC(=O)NC(c1ccccc1)(c1ccccc1)c1ccccc1)C(=O)O. The number of benzene rings is 3. The number of nitrogens with one attached hydrogen (secondary N) is 3. The van der Waals surface area contributed by atoms with Crippen molar-refractivity contribution in [1.29, 1.82) is 0 Å². The van der Waals surface area contributed by atoms with E-state index >= 15 is 0 Å². The molecule has 3 atom stereocenters. The normalized spacial score (nSPS) is 13.8. The van der Waals surface area contributed by atoms with Crippen LogP contribution in [0.25, 0.3) is 0 Å². The van der Waals surface area contributed by atoms with E-state index in [9.17, 15) is 24.3 Å². The number of carboxylic acids is 1. The van der Waals surface area contributed by atoms with Crippen LogP contribution in [0.5, 0.6) is 0 Å². The summed E-state index contributed by atoms with van der Waals surface area (Å²) in [4.78, 5) is 52.1. The van der Waals surface area contributed by atoms with Crippen LogP contribution in [0.4, 0.5) is 0 Å². The number of carboxylic acid groups (broad SMARTS) is 1. The molecule has 3 rings (SSSR count). The molecule has 6 N–H and O–H groups in total. The van der Waals surface area contributed by atoms with Gasteiger partial charge in [0.05, 0.1) is 6.04 Å². The van der Waals surface area contributed by atoms with Gasteiger partial charge in [-0.3, -0.25) is 14.4 Å². The highest BCUT2D eigenvalue weighted by molar-refractivity contribution is 5.92. The van der Waals surface area contributed by atoms with Crippen LogP contribution in [0.15, 0.2) is 91.0 Å². The van der Waals surface area contributed by atoms with Gasteiger partial charge in [0.25, 0.3) is 0 Å². The first-order valence-corrected chi connectivity index (χ1v) is 15.3. The van der Waals surface area contributed by atoms with Gasteiger partial charge in [0.15, 0.2) is 0 Å². The predicted molar refractivity (Wildman–Crippen MR) is 175 cm³/mol. The fourth-order valence-electron chi connectivity index (χ4n) is 5.22. The molecule has 0 heterocycles. The summed E-state index contributed by atoms with van der Waals surface area (Å²) >= 11 is 0. The van der Waals surface area contributed by atoms with Gasteiger partial charge in [-0.15, -0.1) is 0 Å². The Balaban J connectivity index is 1.83. The summed E-state index contributed by atoms with van der Waals surface area (Å²) in [5.74, 6) is -2.78. The summed E-state index contributed by atoms with van der Waals surface area (Å²) in [6.45, 7) is 9.26. The molecule has 0 fully saturated rings. The number of aliphatic carboxylic acids is 1. The molecule has 0 aliphatic rings. The Morgan fingerprint density at radius 2 is 1.13 bits per heavy atom. The van der Waals surface area contributed by atoms with Gasteiger partial charge in [-0.2, -0.15) is 0 Å². The van der Waals surface area contributed by atoms with Crippen LogP contribution < -0.4 is 21.7 Å². The van der Waals surface area contributed by atoms with E-state index in [-0.39, 0.29) is 25.2 Å². The molecule has 0 spiro atoms. The van der Waals surface area contributed by atoms with Crippen LogP contribution in [0.1, 0.15) is 70.6 Å². The van der Waals surface area contributed by atoms with Crippen LogP contribution in [-0.4, -0.2) is 46.9 Å². The third-order valence-corrected chi connectivity index (χ3v) is 7.78. The van der Waals surface area contributed by atoms with Gasteiger partial charge in [0, 0.05) is 6.42 Å². The molecule has 9 heteroatoms. The lowest BCUT2D eigenvalue weighted by Gasteiger charge is -2.37. The molecule has 3 amide bonds. The molecule has 9 nitrogen and oxygen atoms in total. The van der Waals surface area contributed by atoms with E-state index in [0.29, 0.717) is 0 Å². The fraction of sp³-hybridized carbons (Fsp3) is 0.389. The molecular weight excluding hydrogens is 568 g/mol. The van der Waals surface area contributed by atoms with Gasteiger partial charge in [-0.05, 0) is 40.9 Å². The molecule has 0 aromatic heterocycles. The average Bonchev–Trinajstić information content (AvgIpc) is 3.01. The number of hydrogen-bond donors (Lipinski definition) is 5. The number of hydrogen-bond acceptors (Lipinski definition) is 5. The summed E-state index contributed by atoms with van der Waals surface area (Å²) in [5.41, 5.74) is 7.01. The van der Waals surface area contributed by atoms with E-state index in [1.165, 1.54) is 0 Å². The molecule has 0 saturated heterocycles. The number of amides is 3. The van der Waals surface area contributed by atoms with E-state index in [1.807, 2.05) is 126 Å². The average molecular weight is 615 g/mol. The van der Waals surface area contributed by atoms with Crippen molar-refractivity contribution in [3.05, 3.63) is 108 Å². The summed E-state index contributed by atoms with van der Waals surface area (Å²) in [6, 6.07) is 25.5. The molecule has 0 bridgehead atoms. The number of carbonyl (C=O) groups is 4. The van der Waals surface area contributed by atoms with Crippen molar-refractivity contribution in [2.75, 3.05) is 0 Å². The van der Waals surface area contributed by atoms with Gasteiger partial charge in [-0.1, -0.05) is 126 Å². The minimum absolute atomic E-state index is 0.0306. The van der Waals surface area contributed by atoms with Gasteiger partial charge in [0.1, 0.15) is 17.6 Å². The minimum atomic E-state index is -1.36. The Kier molecular flexibility index (Phi) is 12.0. The maximum atomic E-state index is 13.7. The topological polar surface area (TPSA) is 151 Å². The Morgan fingerprint density at radius 3 is 1.51 bits per heavy atom. The van der Waals surface area contributed by atoms with Crippen molar-refractivity contribution in [2.45, 2.75) is 77.5 Å². The highest BCUT2D eigenvalue weighted by atomic mass is 16.4. The summed E-state index contributed by atoms with van der Waals surface area (Å²) in [5, 5.41) is 18.4. The fourth-order valence-corrected chi connectivity index (χ4v) is 5.22. The first kappa shape index (κ1) is 35.0. The first-order valence-electron chi connectivity index (χ1n) is 15.3. The van der Waals surface area contributed by atoms with E-state index in [0.717, 1.165) is 16.7 Å². The second-order valence-corrected chi connectivity index (χ2v) is 12.9. The van der Waals surface area contributed by atoms with E-state index < -0.39 is 52.8 Å². The van der Waals surface area contributed by atoms with Gasteiger partial charge in [-0.25, -0.2) is 4.79 Å². The Bertz CT molecular complexity index is 1330. The lowest BCUT2D eigenvalue weighted by atomic mass is 9.77. The highest BCUT2D eigenvalue weighted by Gasteiger charge is 2.38. The monoisotopic (exact) mass is 614 g/mol. The number of rotatable bonds is 14. The minimum Gasteiger partial charge on any atom is -0.480 e. The molecule has 3 aromatic carbocycles. The van der Waals surface area contributed by atoms with Crippen molar-refractivity contribution in [1.82, 2.24) is 16.0 Å². The third-order valence-electron chi connectivity index (χ3n) is 7.78. The smallest absolute Gasteiger partial charge is 0.326 e. The molecule has 0 aliphatic carbocycles. The van der Waals surface area contributed by atoms with Crippen molar-refractivity contribution in [3.8, 4) is 0 Å². The molecule has 45 heavy (non-hydrogen) atoms. The molecular formula is C36H46N4O5. The molecule has 240 valence electrons. The molecule has 3 aromatic rings. The van der Waals surface area contributed by atoms with E-state index in [1.54, 1.807) is 0 Å². The first-order chi connectivity index (χ1) is 21.3. The largest absolute Gasteiger partial charge is 0.480 e. The highest BCUT2D eigenvalue weighted by Crippen LogP contribution is 2.37. The Labute approximate surface area is 266 Å². The second-order valence-electron chi connectivity index (χ2n) is 12.9. The van der Waals surface area contributed by atoms with Gasteiger partial charge < -0.3 is 26.8 Å². The van der Waals surface area contributed by atoms with Crippen LogP contribution in [0, 0.1) is 11.3 Å². The summed E-state index contributed by atoms with van der Waals surface area (Å²) < 4.78 is 0. The standard InChI is InChI=1S/C36H46N4O5/c1-24(2)23-29(39-33(43)31(37)35(3,4)5)32(42)38-28(34(44)45)21-22-30(41)40-36(25-15-9-6-10-16-25,26-17-11-7-12-18-26)27-19-13-8-14-20-27/h6-20,24,28-29,31H,21-23,37H2,1-5H3,(H,38,42)(H,39,43)(H,40,41)(H,44,45)/t28-,29-,31+/m0/s1. The van der Waals surface area contributed by atoms with Crippen LogP contribution in [0.3, 0.4) is 0 Å². The van der Waals surface area contributed by atoms with E-state index in [2.05, 4.69) is 16.0 Å². The Hall–Kier alpha value is -4.50. The van der Waals surface area contributed by atoms with E-state index in [4.69, 9.17) is 5.73 Å². The summed E-state index contributed by atoms with van der Waals surface area (Å²) in [7, 11) is 0. The van der Waals surface area contributed by atoms with Crippen LogP contribution in [0.2, 0.25) is 0 Å². The lowest BCUT2D eigenvalue weighted by Crippen LogP contribution is -2.57. The van der Waals surface area contributed by atoms with Gasteiger partial charge >= 0.3 is 5.97 Å². The lowest BCUT2D eigenvalue weighted by molar-refractivity contribution is -0.142. The molecule has 0 aliphatic heterocycles. The third kappa shape index (κ3) is 9.25. The van der Waals surface area contributed by atoms with Gasteiger partial charge in [0.2, 0.25) is 17.7 Å². The molecule has 0 unspecified atom stereocenters. The van der Waals surface area contributed by atoms with Crippen molar-refractivity contribution < 1.29 is 24.3 Å². The van der Waals surface area contributed by atoms with Crippen molar-refractivity contribution >= 4 is 23.7 Å². The van der Waals surface area contributed by atoms with Crippen molar-refractivity contribution in [3.63, 3.8) is 0 Å². The Morgan fingerprint density at radius 1 is 0.711 bits per heavy atom. The quantitative estimate of drug-likeness (QED) is 0.170. The zero-order valence-electron chi connectivity index (χ0n) is 26.7. The zero-order valence-corrected chi connectivity index (χ0v) is 26.7. The second kappa shape index (κ2) is 15.5. The zero-order chi connectivity index (χ0) is 33.2. The molecule has 0 radical (unpaired) electrons. The predicted octanol–water partition coefficient (Wildman–Crippen LogP) is 4.35. The maximum Gasteiger partial charge on any atom is 0.326 e. The van der Waals surface area contributed by atoms with Crippen LogP contribution in [-0.2, 0) is 24.7 Å². The summed E-state index contributed by atoms with van der Waals surface area (Å²) in [6.07, 6.45) is -0.0538. The van der Waals surface area contributed by atoms with Crippen molar-refractivity contribution in [2.24, 2.45) is 17.1 Å². The maximum absolute atomic E-state index is 13.7.